The third-order valence-electron chi connectivity index (χ3n) is 0. The molecule has 0 fully saturated rings. The number of hydrogen-bond donors (Lipinski definition) is 0. The van der Waals surface area contributed by atoms with Crippen molar-refractivity contribution in [3.8, 4) is 0 Å². The maximum atomic E-state index is 8.33. The zero-order valence-corrected chi connectivity index (χ0v) is 8.05. The SMILES string of the molecule is O=C([O-])[O-].[Ca+2].[Na+].[O-]. The van der Waals surface area contributed by atoms with E-state index in [4.69, 9.17) is 15.0 Å². The third-order valence-corrected chi connectivity index (χ3v) is 0. The van der Waals surface area contributed by atoms with Gasteiger partial charge in [0.25, 0.3) is 0 Å². The maximum Gasteiger partial charge on any atom is 2.00 e. The van der Waals surface area contributed by atoms with Crippen LogP contribution in [0, 0.1) is 0 Å². The van der Waals surface area contributed by atoms with Gasteiger partial charge in [-0.2, -0.15) is 0 Å². The largest absolute Gasteiger partial charge is 2.00 e. The van der Waals surface area contributed by atoms with Crippen LogP contribution >= 0.6 is 0 Å². The standard InChI is InChI=1S/CH2O3.Ca.Na.O/c2-1(3)4;;;/h(H2,2,3,4);;;/q;+2;+1;-1/p-2. The average Bonchev–Trinajstić information content (AvgIpc) is 0.811. The molecule has 0 aromatic carbocycles. The van der Waals surface area contributed by atoms with Crippen LogP contribution < -0.4 is 39.8 Å². The Kier molecular flexibility index (Phi) is 52.8. The van der Waals surface area contributed by atoms with Crippen LogP contribution in [0.5, 0.6) is 0 Å². The second kappa shape index (κ2) is 15.6. The van der Waals surface area contributed by atoms with Crippen LogP contribution in [0.1, 0.15) is 0 Å². The van der Waals surface area contributed by atoms with Gasteiger partial charge in [-0.1, -0.05) is 0 Å². The first-order chi connectivity index (χ1) is 1.73. The Labute approximate surface area is 92.5 Å². The molecule has 0 saturated carbocycles. The van der Waals surface area contributed by atoms with Gasteiger partial charge in [0.2, 0.25) is 0 Å². The van der Waals surface area contributed by atoms with E-state index in [1.807, 2.05) is 0 Å². The van der Waals surface area contributed by atoms with Crippen LogP contribution in [-0.4, -0.2) is 43.9 Å². The second-order valence-corrected chi connectivity index (χ2v) is 0.250. The summed E-state index contributed by atoms with van der Waals surface area (Å²) in [5.41, 5.74) is 0. The second-order valence-electron chi connectivity index (χ2n) is 0.250. The van der Waals surface area contributed by atoms with Crippen molar-refractivity contribution in [3.05, 3.63) is 0 Å². The van der Waals surface area contributed by atoms with Gasteiger partial charge >= 0.3 is 67.3 Å². The molecule has 31 valence electrons. The van der Waals surface area contributed by atoms with E-state index >= 15 is 0 Å². The molecule has 0 N–H and O–H groups in total. The average molecular weight is 139 g/mol. The van der Waals surface area contributed by atoms with Crippen LogP contribution in [0.15, 0.2) is 0 Å². The summed E-state index contributed by atoms with van der Waals surface area (Å²) >= 11 is 0. The Morgan fingerprint density at radius 1 is 1.29 bits per heavy atom. The van der Waals surface area contributed by atoms with Gasteiger partial charge in [0, 0.05) is 0 Å². The summed E-state index contributed by atoms with van der Waals surface area (Å²) in [6, 6.07) is 0. The predicted octanol–water partition coefficient (Wildman–Crippen LogP) is -5.94. The van der Waals surface area contributed by atoms with Crippen LogP contribution in [0.3, 0.4) is 0 Å². The van der Waals surface area contributed by atoms with Gasteiger partial charge in [-0.15, -0.1) is 0 Å². The van der Waals surface area contributed by atoms with E-state index in [-0.39, 0.29) is 72.8 Å². The number of carbonyl (C=O) groups is 1. The summed E-state index contributed by atoms with van der Waals surface area (Å²) in [5.74, 6) is 0. The first kappa shape index (κ1) is 23.6. The molecule has 0 aliphatic carbocycles. The van der Waals surface area contributed by atoms with E-state index in [0.29, 0.717) is 0 Å². The fourth-order valence-corrected chi connectivity index (χ4v) is 0. The van der Waals surface area contributed by atoms with Crippen molar-refractivity contribution in [2.45, 2.75) is 0 Å². The molecule has 0 saturated heterocycles. The summed E-state index contributed by atoms with van der Waals surface area (Å²) in [5, 5.41) is 16.7. The maximum absolute atomic E-state index is 8.33. The van der Waals surface area contributed by atoms with E-state index in [1.54, 1.807) is 0 Å². The third kappa shape index (κ3) is 102. The van der Waals surface area contributed by atoms with Gasteiger partial charge in [0.1, 0.15) is 0 Å². The first-order valence-corrected chi connectivity index (χ1v) is 0.612. The van der Waals surface area contributed by atoms with Gasteiger partial charge in [-0.3, -0.25) is 0 Å². The summed E-state index contributed by atoms with van der Waals surface area (Å²) in [4.78, 5) is 8.33. The number of hydrogen-bond acceptors (Lipinski definition) is 4. The molecule has 0 atom stereocenters. The molecule has 0 rings (SSSR count). The molecule has 0 amide bonds. The Morgan fingerprint density at radius 2 is 1.29 bits per heavy atom. The number of rotatable bonds is 0. The first-order valence-electron chi connectivity index (χ1n) is 0.612. The van der Waals surface area contributed by atoms with Crippen LogP contribution in [0.25, 0.3) is 0 Å². The van der Waals surface area contributed by atoms with E-state index < -0.39 is 6.16 Å². The van der Waals surface area contributed by atoms with Crippen LogP contribution in [0.4, 0.5) is 4.79 Å². The molecular weight excluding hydrogens is 139 g/mol. The van der Waals surface area contributed by atoms with Gasteiger partial charge in [0.05, 0.1) is 0 Å². The van der Waals surface area contributed by atoms with Crippen molar-refractivity contribution in [1.29, 1.82) is 0 Å². The Balaban J connectivity index is -0.0000000150. The van der Waals surface area contributed by atoms with E-state index in [0.717, 1.165) is 0 Å². The van der Waals surface area contributed by atoms with Gasteiger partial charge in [-0.25, -0.2) is 0 Å². The van der Waals surface area contributed by atoms with E-state index in [2.05, 4.69) is 0 Å². The van der Waals surface area contributed by atoms with Gasteiger partial charge < -0.3 is 20.5 Å². The summed E-state index contributed by atoms with van der Waals surface area (Å²) in [6.07, 6.45) is -2.33. The van der Waals surface area contributed by atoms with Crippen molar-refractivity contribution in [3.63, 3.8) is 0 Å². The summed E-state index contributed by atoms with van der Waals surface area (Å²) in [6.45, 7) is 0. The predicted molar refractivity (Wildman–Crippen MR) is 11.8 cm³/mol. The molecule has 1 radical (unpaired) electrons. The minimum atomic E-state index is -2.33. The molecule has 0 aromatic rings. The normalized spacial score (nSPS) is 3.43. The van der Waals surface area contributed by atoms with Crippen LogP contribution in [-0.2, 0) is 5.48 Å². The molecular formula is CCaNaO4. The number of carboxylic acid groups (broad SMARTS) is 2. The monoisotopic (exact) mass is 139 g/mol. The quantitative estimate of drug-likeness (QED) is 0.313. The van der Waals surface area contributed by atoms with E-state index in [1.165, 1.54) is 0 Å². The van der Waals surface area contributed by atoms with Crippen molar-refractivity contribution in [2.24, 2.45) is 0 Å². The Bertz CT molecular complexity index is 34.7. The fourth-order valence-electron chi connectivity index (χ4n) is 0. The zero-order valence-electron chi connectivity index (χ0n) is 3.84. The number of carbonyl (C=O) groups excluding carboxylic acids is 1. The van der Waals surface area contributed by atoms with Gasteiger partial charge in [0.15, 0.2) is 0 Å². The van der Waals surface area contributed by atoms with E-state index in [9.17, 15) is 0 Å². The molecule has 0 aliphatic rings. The Hall–Kier alpha value is 1.49. The minimum absolute atomic E-state index is 0. The molecule has 0 bridgehead atoms. The zero-order chi connectivity index (χ0) is 3.58. The van der Waals surface area contributed by atoms with Crippen molar-refractivity contribution < 1.29 is 50.0 Å². The van der Waals surface area contributed by atoms with Crippen molar-refractivity contribution in [1.82, 2.24) is 0 Å². The molecule has 0 aromatic heterocycles. The Morgan fingerprint density at radius 3 is 1.29 bits per heavy atom. The fraction of sp³-hybridized carbons (Fsp3) is 0. The van der Waals surface area contributed by atoms with Gasteiger partial charge in [-0.05, 0) is 6.16 Å². The summed E-state index contributed by atoms with van der Waals surface area (Å²) in [7, 11) is 0. The topological polar surface area (TPSA) is 91.7 Å². The van der Waals surface area contributed by atoms with Crippen molar-refractivity contribution >= 4 is 43.9 Å². The smallest absolute Gasteiger partial charge is 1.00 e. The molecule has 6 heteroatoms. The molecule has 0 aliphatic heterocycles. The van der Waals surface area contributed by atoms with Crippen LogP contribution in [0.2, 0.25) is 0 Å². The molecule has 4 nitrogen and oxygen atoms in total. The molecule has 0 spiro atoms. The molecule has 0 heterocycles. The molecule has 7 heavy (non-hydrogen) atoms. The summed E-state index contributed by atoms with van der Waals surface area (Å²) < 4.78 is 0. The molecule has 0 unspecified atom stereocenters. The van der Waals surface area contributed by atoms with Crippen molar-refractivity contribution in [2.75, 3.05) is 0 Å². The minimum Gasteiger partial charge on any atom is -1.00 e.